The Balaban J connectivity index is 2.06. The van der Waals surface area contributed by atoms with E-state index in [1.165, 1.54) is 11.0 Å². The Hall–Kier alpha value is -2.18. The molecule has 2 rings (SSSR count). The number of rotatable bonds is 4. The van der Waals surface area contributed by atoms with Gasteiger partial charge in [-0.15, -0.1) is 0 Å². The van der Waals surface area contributed by atoms with Crippen LogP contribution in [0.1, 0.15) is 12.0 Å². The lowest BCUT2D eigenvalue weighted by Crippen LogP contribution is -2.51. The summed E-state index contributed by atoms with van der Waals surface area (Å²) in [7, 11) is 0. The van der Waals surface area contributed by atoms with Gasteiger partial charge < -0.3 is 15.3 Å². The van der Waals surface area contributed by atoms with Crippen LogP contribution in [0, 0.1) is 17.6 Å². The highest BCUT2D eigenvalue weighted by Gasteiger charge is 2.27. The van der Waals surface area contributed by atoms with Gasteiger partial charge in [-0.3, -0.25) is 4.79 Å². The molecule has 1 aliphatic rings. The number of aliphatic carboxylic acids is 1. The van der Waals surface area contributed by atoms with Gasteiger partial charge >= 0.3 is 12.0 Å². The number of hydrogen-bond acceptors (Lipinski definition) is 2. The van der Waals surface area contributed by atoms with Crippen LogP contribution in [0.5, 0.6) is 0 Å². The van der Waals surface area contributed by atoms with Crippen molar-refractivity contribution in [1.29, 1.82) is 0 Å². The van der Waals surface area contributed by atoms with E-state index in [9.17, 15) is 18.4 Å². The van der Waals surface area contributed by atoms with Crippen molar-refractivity contribution in [3.63, 3.8) is 0 Å². The van der Waals surface area contributed by atoms with Crippen molar-refractivity contribution in [3.05, 3.63) is 35.4 Å². The number of benzene rings is 1. The predicted molar refractivity (Wildman–Crippen MR) is 65.9 cm³/mol. The summed E-state index contributed by atoms with van der Waals surface area (Å²) in [4.78, 5) is 23.7. The van der Waals surface area contributed by atoms with Crippen LogP contribution in [0.2, 0.25) is 0 Å². The number of carbonyl (C=O) groups is 2. The minimum atomic E-state index is -0.945. The van der Waals surface area contributed by atoms with Crippen molar-refractivity contribution < 1.29 is 23.5 Å². The highest BCUT2D eigenvalue weighted by atomic mass is 19.1. The maximum Gasteiger partial charge on any atom is 0.317 e. The Labute approximate surface area is 114 Å². The standard InChI is InChI=1S/C13H14F2N2O3/c14-10-2-1-9(11(15)4-10)7-17-6-8(3-12(18)19)5-16-13(17)20/h1-2,4,8H,3,5-7H2,(H,16,20)(H,18,19). The largest absolute Gasteiger partial charge is 0.481 e. The number of carboxylic acids is 1. The van der Waals surface area contributed by atoms with Crippen LogP contribution in [-0.4, -0.2) is 35.1 Å². The number of carboxylic acid groups (broad SMARTS) is 1. The molecule has 0 spiro atoms. The van der Waals surface area contributed by atoms with Gasteiger partial charge in [-0.1, -0.05) is 6.07 Å². The van der Waals surface area contributed by atoms with Crippen molar-refractivity contribution in [1.82, 2.24) is 10.2 Å². The summed E-state index contributed by atoms with van der Waals surface area (Å²) in [5.74, 6) is -2.58. The summed E-state index contributed by atoms with van der Waals surface area (Å²) in [5, 5.41) is 11.3. The number of carbonyl (C=O) groups excluding carboxylic acids is 1. The summed E-state index contributed by atoms with van der Waals surface area (Å²) in [6.45, 7) is 0.497. The molecule has 1 heterocycles. The molecule has 5 nitrogen and oxygen atoms in total. The second-order valence-corrected chi connectivity index (χ2v) is 4.77. The molecule has 0 saturated carbocycles. The molecule has 2 amide bonds. The third-order valence-electron chi connectivity index (χ3n) is 3.15. The quantitative estimate of drug-likeness (QED) is 0.882. The summed E-state index contributed by atoms with van der Waals surface area (Å²) in [6, 6.07) is 2.77. The summed E-state index contributed by atoms with van der Waals surface area (Å²) in [6.07, 6.45) is -0.0668. The third kappa shape index (κ3) is 3.43. The molecular weight excluding hydrogens is 270 g/mol. The first-order chi connectivity index (χ1) is 9.45. The first kappa shape index (κ1) is 14.2. The van der Waals surface area contributed by atoms with Crippen LogP contribution in [0.3, 0.4) is 0 Å². The number of urea groups is 1. The van der Waals surface area contributed by atoms with Crippen LogP contribution < -0.4 is 5.32 Å². The van der Waals surface area contributed by atoms with Gasteiger partial charge in [0.15, 0.2) is 0 Å². The molecule has 2 N–H and O–H groups in total. The van der Waals surface area contributed by atoms with E-state index < -0.39 is 17.6 Å². The molecule has 108 valence electrons. The van der Waals surface area contributed by atoms with E-state index >= 15 is 0 Å². The second kappa shape index (κ2) is 5.85. The molecule has 1 saturated heterocycles. The molecule has 1 aromatic rings. The lowest BCUT2D eigenvalue weighted by molar-refractivity contribution is -0.138. The number of nitrogens with zero attached hydrogens (tertiary/aromatic N) is 1. The van der Waals surface area contributed by atoms with Gasteiger partial charge in [0.05, 0.1) is 13.0 Å². The lowest BCUT2D eigenvalue weighted by Gasteiger charge is -2.32. The molecule has 0 bridgehead atoms. The number of halogens is 2. The molecule has 1 unspecified atom stereocenters. The minimum absolute atomic E-state index is 0.0198. The summed E-state index contributed by atoms with van der Waals surface area (Å²) >= 11 is 0. The highest BCUT2D eigenvalue weighted by molar-refractivity contribution is 5.75. The Morgan fingerprint density at radius 1 is 1.45 bits per heavy atom. The Kier molecular flexibility index (Phi) is 4.16. The van der Waals surface area contributed by atoms with E-state index in [0.717, 1.165) is 12.1 Å². The zero-order valence-electron chi connectivity index (χ0n) is 10.6. The fraction of sp³-hybridized carbons (Fsp3) is 0.385. The van der Waals surface area contributed by atoms with Crippen molar-refractivity contribution in [3.8, 4) is 0 Å². The van der Waals surface area contributed by atoms with E-state index in [2.05, 4.69) is 5.32 Å². The van der Waals surface area contributed by atoms with Gasteiger partial charge in [0.1, 0.15) is 11.6 Å². The van der Waals surface area contributed by atoms with Gasteiger partial charge in [-0.25, -0.2) is 13.6 Å². The Morgan fingerprint density at radius 2 is 2.20 bits per heavy atom. The highest BCUT2D eigenvalue weighted by Crippen LogP contribution is 2.17. The normalized spacial score (nSPS) is 18.8. The lowest BCUT2D eigenvalue weighted by atomic mass is 10.0. The third-order valence-corrected chi connectivity index (χ3v) is 3.15. The summed E-state index contributed by atoms with van der Waals surface area (Å²) < 4.78 is 26.4. The van der Waals surface area contributed by atoms with Gasteiger partial charge in [0.2, 0.25) is 0 Å². The predicted octanol–water partition coefficient (Wildman–Crippen LogP) is 1.58. The van der Waals surface area contributed by atoms with E-state index in [4.69, 9.17) is 5.11 Å². The molecule has 1 atom stereocenters. The minimum Gasteiger partial charge on any atom is -0.481 e. The van der Waals surface area contributed by atoms with Crippen LogP contribution in [-0.2, 0) is 11.3 Å². The molecule has 1 aromatic carbocycles. The Morgan fingerprint density at radius 3 is 2.85 bits per heavy atom. The van der Waals surface area contributed by atoms with Crippen molar-refractivity contribution in [2.24, 2.45) is 5.92 Å². The zero-order chi connectivity index (χ0) is 14.7. The fourth-order valence-electron chi connectivity index (χ4n) is 2.18. The average molecular weight is 284 g/mol. The summed E-state index contributed by atoms with van der Waals surface area (Å²) in [5.41, 5.74) is 0.192. The van der Waals surface area contributed by atoms with E-state index in [0.29, 0.717) is 0 Å². The van der Waals surface area contributed by atoms with Gasteiger partial charge in [-0.2, -0.15) is 0 Å². The smallest absolute Gasteiger partial charge is 0.317 e. The maximum atomic E-state index is 13.5. The van der Waals surface area contributed by atoms with E-state index in [-0.39, 0.29) is 43.6 Å². The SMILES string of the molecule is O=C(O)CC1CNC(=O)N(Cc2ccc(F)cc2F)C1. The molecular formula is C13H14F2N2O3. The molecule has 20 heavy (non-hydrogen) atoms. The van der Waals surface area contributed by atoms with Crippen molar-refractivity contribution >= 4 is 12.0 Å². The van der Waals surface area contributed by atoms with Crippen LogP contribution >= 0.6 is 0 Å². The van der Waals surface area contributed by atoms with Gasteiger partial charge in [-0.05, 0) is 6.07 Å². The maximum absolute atomic E-state index is 13.5. The van der Waals surface area contributed by atoms with Crippen LogP contribution in [0.4, 0.5) is 13.6 Å². The number of amides is 2. The van der Waals surface area contributed by atoms with E-state index in [1.807, 2.05) is 0 Å². The zero-order valence-corrected chi connectivity index (χ0v) is 10.6. The second-order valence-electron chi connectivity index (χ2n) is 4.77. The fourth-order valence-corrected chi connectivity index (χ4v) is 2.18. The average Bonchev–Trinajstić information content (AvgIpc) is 2.36. The van der Waals surface area contributed by atoms with E-state index in [1.54, 1.807) is 0 Å². The molecule has 7 heteroatoms. The molecule has 0 aliphatic carbocycles. The van der Waals surface area contributed by atoms with Crippen LogP contribution in [0.15, 0.2) is 18.2 Å². The number of hydrogen-bond donors (Lipinski definition) is 2. The topological polar surface area (TPSA) is 69.6 Å². The van der Waals surface area contributed by atoms with Crippen LogP contribution in [0.25, 0.3) is 0 Å². The Bertz CT molecular complexity index is 536. The molecule has 1 aliphatic heterocycles. The first-order valence-electron chi connectivity index (χ1n) is 6.14. The van der Waals surface area contributed by atoms with Gasteiger partial charge in [0, 0.05) is 30.6 Å². The molecule has 0 radical (unpaired) electrons. The molecule has 1 fully saturated rings. The van der Waals surface area contributed by atoms with Crippen molar-refractivity contribution in [2.75, 3.05) is 13.1 Å². The monoisotopic (exact) mass is 284 g/mol. The molecule has 0 aromatic heterocycles. The number of nitrogens with one attached hydrogen (secondary N) is 1. The van der Waals surface area contributed by atoms with Crippen molar-refractivity contribution in [2.45, 2.75) is 13.0 Å². The van der Waals surface area contributed by atoms with Gasteiger partial charge in [0.25, 0.3) is 0 Å². The first-order valence-corrected chi connectivity index (χ1v) is 6.14.